The first-order chi connectivity index (χ1) is 35.0. The minimum Gasteiger partial charge on any atom is -0.278 e. The molecule has 9 aromatic rings. The van der Waals surface area contributed by atoms with Gasteiger partial charge in [0.2, 0.25) is 0 Å². The van der Waals surface area contributed by atoms with Gasteiger partial charge in [-0.3, -0.25) is 26.3 Å². The minimum absolute atomic E-state index is 0. The molecule has 0 heterocycles. The molecule has 0 radical (unpaired) electrons. The minimum atomic E-state index is -2.17. The Morgan fingerprint density at radius 3 is 0.474 bits per heavy atom. The number of hydrogen-bond donors (Lipinski definition) is 0. The fourth-order valence-electron chi connectivity index (χ4n) is 6.61. The molecule has 0 aliphatic heterocycles. The molecule has 404 valence electrons. The molecule has 21 heteroatoms. The second-order valence-electron chi connectivity index (χ2n) is 14.6. The van der Waals surface area contributed by atoms with E-state index in [1.165, 1.54) is 31.8 Å². The van der Waals surface area contributed by atoms with E-state index in [0.717, 1.165) is 18.2 Å². The van der Waals surface area contributed by atoms with Crippen LogP contribution in [0.25, 0.3) is 0 Å². The van der Waals surface area contributed by atoms with Gasteiger partial charge in [0.05, 0.1) is 87.3 Å². The summed E-state index contributed by atoms with van der Waals surface area (Å²) in [7, 11) is -2.19. The first-order valence-corrected chi connectivity index (χ1v) is 25.1. The quantitative estimate of drug-likeness (QED) is 0.0337. The summed E-state index contributed by atoms with van der Waals surface area (Å²) in [4.78, 5) is 0. The van der Waals surface area contributed by atoms with Gasteiger partial charge in [0.15, 0.2) is 0 Å². The van der Waals surface area contributed by atoms with Crippen LogP contribution in [-0.4, -0.2) is 5.14 Å². The third-order valence-electron chi connectivity index (χ3n) is 9.87. The Hall–Kier alpha value is -4.56. The van der Waals surface area contributed by atoms with Crippen molar-refractivity contribution in [2.24, 2.45) is 0 Å². The summed E-state index contributed by atoms with van der Waals surface area (Å²) in [5.41, 5.74) is 0. The van der Waals surface area contributed by atoms with Crippen molar-refractivity contribution in [2.75, 3.05) is 0 Å². The third-order valence-corrected chi connectivity index (χ3v) is 20.5. The van der Waals surface area contributed by atoms with E-state index in [1.807, 2.05) is 0 Å². The Kier molecular flexibility index (Phi) is 27.5. The van der Waals surface area contributed by atoms with Gasteiger partial charge in [-0.25, -0.2) is 39.5 Å². The van der Waals surface area contributed by atoms with E-state index in [0.29, 0.717) is 5.14 Å². The van der Waals surface area contributed by atoms with Gasteiger partial charge in [0.25, 0.3) is 0 Å². The summed E-state index contributed by atoms with van der Waals surface area (Å²) >= 11 is 0. The molecule has 0 nitrogen and oxygen atoms in total. The molecule has 0 amide bonds. The second kappa shape index (κ2) is 31.7. The van der Waals surface area contributed by atoms with Crippen LogP contribution in [0, 0.1) is 105 Å². The van der Waals surface area contributed by atoms with Crippen molar-refractivity contribution in [1.29, 1.82) is 0 Å². The summed E-state index contributed by atoms with van der Waals surface area (Å²) in [6, 6.07) is 70.8. The van der Waals surface area contributed by atoms with Gasteiger partial charge in [0.1, 0.15) is 0 Å². The molecule has 0 bridgehead atoms. The van der Waals surface area contributed by atoms with E-state index in [4.69, 9.17) is 0 Å². The molecular weight excluding hydrogens is 1630 g/mol. The third kappa shape index (κ3) is 16.7. The van der Waals surface area contributed by atoms with Gasteiger partial charge in [-0.05, 0) is 55.6 Å². The second-order valence-corrected chi connectivity index (χ2v) is 22.6. The molecule has 0 aliphatic rings. The molecule has 0 aliphatic carbocycles. The fraction of sp³-hybridized carbons (Fsp3) is 0.0182. The van der Waals surface area contributed by atoms with E-state index in [2.05, 4.69) is 182 Å². The zero-order valence-corrected chi connectivity index (χ0v) is 47.0. The van der Waals surface area contributed by atoms with E-state index in [-0.39, 0.29) is 67.1 Å². The monoisotopic (exact) mass is 1660 g/mol. The predicted molar refractivity (Wildman–Crippen MR) is 256 cm³/mol. The van der Waals surface area contributed by atoms with Crippen LogP contribution in [0.1, 0.15) is 0 Å². The van der Waals surface area contributed by atoms with Crippen molar-refractivity contribution in [1.82, 2.24) is 0 Å². The van der Waals surface area contributed by atoms with E-state index in [9.17, 15) is 65.9 Å². The normalized spacial score (nSPS) is 10.5. The van der Waals surface area contributed by atoms with Crippen molar-refractivity contribution in [2.45, 2.75) is 5.14 Å². The maximum atomic E-state index is 12.0. The van der Waals surface area contributed by atoms with E-state index < -0.39 is 111 Å². The van der Waals surface area contributed by atoms with Crippen molar-refractivity contribution in [3.05, 3.63) is 287 Å². The number of rotatable bonds is 9. The van der Waals surface area contributed by atoms with E-state index >= 15 is 0 Å². The van der Waals surface area contributed by atoms with E-state index in [1.54, 1.807) is 0 Å². The topological polar surface area (TPSA) is 0 Å². The molecule has 0 atom stereocenters. The molecule has 0 aromatic heterocycles. The zero-order chi connectivity index (χ0) is 52.8. The summed E-state index contributed by atoms with van der Waals surface area (Å²) in [6.45, 7) is 0. The fourth-order valence-corrected chi connectivity index (χ4v) is 19.6. The van der Waals surface area contributed by atoms with Crippen LogP contribution in [0.5, 0.6) is 0 Å². The maximum absolute atomic E-state index is 12.0. The van der Waals surface area contributed by atoms with Crippen molar-refractivity contribution in [3.8, 4) is 0 Å². The smallest absolute Gasteiger partial charge is 0.278 e. The van der Waals surface area contributed by atoms with Crippen LogP contribution in [0.3, 0.4) is 0 Å². The van der Waals surface area contributed by atoms with Crippen molar-refractivity contribution < 1.29 is 133 Å². The van der Waals surface area contributed by atoms with Gasteiger partial charge >= 0.3 is 67.1 Å². The Morgan fingerprint density at radius 1 is 0.211 bits per heavy atom. The zero-order valence-electron chi connectivity index (χ0n) is 37.8. The Balaban J connectivity index is 0.000000343. The van der Waals surface area contributed by atoms with Crippen LogP contribution >= 0.6 is 23.8 Å². The summed E-state index contributed by atoms with van der Waals surface area (Å²) in [5, 5.41) is 9.00. The number of halogens is 15. The molecular formula is C55H31Au3F15P3. The molecule has 9 aromatic carbocycles. The average Bonchev–Trinajstić information content (AvgIpc) is 3.42. The summed E-state index contributed by atoms with van der Waals surface area (Å²) < 4.78 is 180. The van der Waals surface area contributed by atoms with Crippen LogP contribution in [-0.2, 0) is 67.1 Å². The average molecular weight is 1660 g/mol. The molecule has 0 N–H and O–H groups in total. The molecule has 0 unspecified atom stereocenters. The molecule has 9 rings (SSSR count). The van der Waals surface area contributed by atoms with Crippen LogP contribution in [0.15, 0.2) is 182 Å². The van der Waals surface area contributed by atoms with Gasteiger partial charge in [-0.1, -0.05) is 182 Å². The summed E-state index contributed by atoms with van der Waals surface area (Å²) in [5.74, 6) is -30.1. The number of benzene rings is 9. The molecule has 0 saturated heterocycles. The molecule has 0 fully saturated rings. The Labute approximate surface area is 477 Å². The summed E-state index contributed by atoms with van der Waals surface area (Å²) in [6.07, 6.45) is 0. The van der Waals surface area contributed by atoms with Gasteiger partial charge in [-0.2, -0.15) is 0 Å². The molecule has 0 spiro atoms. The first kappa shape index (κ1) is 65.7. The standard InChI is InChI=1S/C37H31P3.3C6F5.3Au/c1-7-19-31(20-8-1)38(32-21-9-2-10-22-32)37(39(33-23-11-3-12-24-33)34-25-13-4-14-26-34)40(35-27-15-5-16-28-35)36-29-17-6-18-30-36;3*7-2-1-3(8)5(10)6(11)4(2)9;;;/h1-30,37H;;;;;;/q;3*-1;3*+1. The SMILES string of the molecule is Fc1[c-]c(F)c(F)c(F)c1F.Fc1[c-]c(F)c(F)c(F)c1F.Fc1[c-]c(F)c(F)c(F)c1F.[Au+].[Au+].[Au+].c1ccc(P(c2ccccc2)C(P(c2ccccc2)c2ccccc2)P(c2ccccc2)c2ccccc2)cc1. The van der Waals surface area contributed by atoms with Crippen molar-refractivity contribution >= 4 is 55.6 Å². The van der Waals surface area contributed by atoms with Crippen molar-refractivity contribution in [3.63, 3.8) is 0 Å². The van der Waals surface area contributed by atoms with Gasteiger partial charge in [-0.15, -0.1) is 18.2 Å². The Bertz CT molecular complexity index is 2680. The Morgan fingerprint density at radius 2 is 0.342 bits per heavy atom. The van der Waals surface area contributed by atoms with Gasteiger partial charge < -0.3 is 0 Å². The van der Waals surface area contributed by atoms with Crippen LogP contribution < -0.4 is 31.8 Å². The predicted octanol–water partition coefficient (Wildman–Crippen LogP) is 14.2. The van der Waals surface area contributed by atoms with Gasteiger partial charge in [0, 0.05) is 5.14 Å². The van der Waals surface area contributed by atoms with Crippen LogP contribution in [0.4, 0.5) is 65.9 Å². The molecule has 76 heavy (non-hydrogen) atoms. The first-order valence-electron chi connectivity index (χ1n) is 20.9. The molecule has 0 saturated carbocycles. The maximum Gasteiger partial charge on any atom is 1.00 e. The largest absolute Gasteiger partial charge is 1.00 e. The number of hydrogen-bond acceptors (Lipinski definition) is 0. The van der Waals surface area contributed by atoms with Crippen LogP contribution in [0.2, 0.25) is 0 Å².